The fraction of sp³-hybridized carbons (Fsp3) is 0.717. The summed E-state index contributed by atoms with van der Waals surface area (Å²) in [5, 5.41) is 0. The highest BCUT2D eigenvalue weighted by Gasteiger charge is 2.71. The molecule has 0 aromatic heterocycles. The third-order valence-electron chi connectivity index (χ3n) is 34.1. The van der Waals surface area contributed by atoms with Crippen molar-refractivity contribution in [3.05, 3.63) is 85.1 Å². The van der Waals surface area contributed by atoms with Crippen molar-refractivity contribution >= 4 is 83.6 Å². The number of ether oxygens (including phenoxy) is 14. The zero-order valence-electron chi connectivity index (χ0n) is 74.6. The molecule has 0 aromatic carbocycles. The maximum absolute atomic E-state index is 12.2. The first-order chi connectivity index (χ1) is 60.2. The van der Waals surface area contributed by atoms with E-state index in [1.807, 2.05) is 0 Å². The van der Waals surface area contributed by atoms with Gasteiger partial charge in [-0.2, -0.15) is 0 Å². The summed E-state index contributed by atoms with van der Waals surface area (Å²) in [4.78, 5) is 163. The van der Waals surface area contributed by atoms with Crippen LogP contribution < -0.4 is 0 Å². The molecule has 15 saturated carbocycles. The van der Waals surface area contributed by atoms with Gasteiger partial charge in [0.15, 0.2) is 0 Å². The summed E-state index contributed by atoms with van der Waals surface area (Å²) in [6.07, 6.45) is 23.4. The third-order valence-corrected chi connectivity index (χ3v) is 34.1. The summed E-state index contributed by atoms with van der Waals surface area (Å²) in [7, 11) is 0. The summed E-state index contributed by atoms with van der Waals surface area (Å²) >= 11 is 0. The second-order valence-corrected chi connectivity index (χ2v) is 42.2. The van der Waals surface area contributed by atoms with Gasteiger partial charge in [-0.25, -0.2) is 33.6 Å². The fourth-order valence-corrected chi connectivity index (χ4v) is 28.6. The Balaban J connectivity index is 0.000000109. The van der Waals surface area contributed by atoms with Crippen LogP contribution in [0.3, 0.4) is 0 Å². The van der Waals surface area contributed by atoms with Gasteiger partial charge in [0.05, 0.1) is 81.1 Å². The smallest absolute Gasteiger partial charge is 0.333 e. The number of hydrogen-bond donors (Lipinski definition) is 0. The minimum absolute atomic E-state index is 0.0144. The Kier molecular flexibility index (Phi) is 25.3. The molecule has 0 N–H and O–H groups in total. The second-order valence-electron chi connectivity index (χ2n) is 42.2. The van der Waals surface area contributed by atoms with Crippen LogP contribution in [-0.4, -0.2) is 172 Å². The van der Waals surface area contributed by atoms with E-state index in [1.165, 1.54) is 0 Å². The monoisotopic (exact) mass is 1760 g/mol. The first-order valence-corrected chi connectivity index (χ1v) is 46.5. The first kappa shape index (κ1) is 91.1. The van der Waals surface area contributed by atoms with Crippen LogP contribution in [0, 0.1) is 140 Å². The summed E-state index contributed by atoms with van der Waals surface area (Å²) in [5.74, 6) is 3.32. The molecule has 0 aromatic rings. The van der Waals surface area contributed by atoms with Gasteiger partial charge in [0.1, 0.15) is 48.3 Å². The Morgan fingerprint density at radius 1 is 0.339 bits per heavy atom. The number of carbonyl (C=O) groups excluding carboxylic acids is 14. The van der Waals surface area contributed by atoms with Crippen molar-refractivity contribution in [3.63, 3.8) is 0 Å². The lowest BCUT2D eigenvalue weighted by atomic mass is 9.69. The van der Waals surface area contributed by atoms with Gasteiger partial charge in [-0.1, -0.05) is 46.1 Å². The average molecular weight is 1760 g/mol. The van der Waals surface area contributed by atoms with E-state index in [0.29, 0.717) is 163 Å². The molecule has 15 aliphatic carbocycles. The molecule has 0 radical (unpaired) electrons. The van der Waals surface area contributed by atoms with Crippen LogP contribution in [-0.2, 0) is 133 Å². The van der Waals surface area contributed by atoms with Gasteiger partial charge in [0.25, 0.3) is 0 Å². The van der Waals surface area contributed by atoms with Gasteiger partial charge < -0.3 is 66.3 Å². The highest BCUT2D eigenvalue weighted by molar-refractivity contribution is 5.91. The summed E-state index contributed by atoms with van der Waals surface area (Å²) in [5.41, 5.74) is 1.96. The van der Waals surface area contributed by atoms with Crippen molar-refractivity contribution in [1.29, 1.82) is 0 Å². The molecule has 31 atom stereocenters. The van der Waals surface area contributed by atoms with Gasteiger partial charge in [-0.3, -0.25) is 33.6 Å². The van der Waals surface area contributed by atoms with Crippen molar-refractivity contribution in [2.24, 2.45) is 140 Å². The number of carbonyl (C=O) groups is 14. The van der Waals surface area contributed by atoms with Gasteiger partial charge in [0.2, 0.25) is 0 Å². The van der Waals surface area contributed by atoms with E-state index in [9.17, 15) is 67.1 Å². The molecule has 28 nitrogen and oxygen atoms in total. The van der Waals surface area contributed by atoms with Crippen molar-refractivity contribution in [1.82, 2.24) is 0 Å². The molecule has 7 aliphatic heterocycles. The highest BCUT2D eigenvalue weighted by atomic mass is 16.6. The molecule has 7 saturated heterocycles. The van der Waals surface area contributed by atoms with Crippen LogP contribution >= 0.6 is 0 Å². The normalized spacial score (nSPS) is 41.6. The maximum Gasteiger partial charge on any atom is 0.333 e. The van der Waals surface area contributed by atoms with Gasteiger partial charge in [-0.15, -0.1) is 0 Å². The molecule has 4 spiro atoms. The molecule has 14 bridgehead atoms. The number of rotatable bonds is 15. The lowest BCUT2D eigenvalue weighted by molar-refractivity contribution is -0.168. The van der Waals surface area contributed by atoms with E-state index >= 15 is 0 Å². The molecule has 31 unspecified atom stereocenters. The molecule has 22 aliphatic rings. The van der Waals surface area contributed by atoms with Gasteiger partial charge in [-0.05, 0) is 256 Å². The minimum Gasteiger partial charge on any atom is -0.465 e. The predicted molar refractivity (Wildman–Crippen MR) is 447 cm³/mol. The molecule has 127 heavy (non-hydrogen) atoms. The van der Waals surface area contributed by atoms with Crippen LogP contribution in [0.5, 0.6) is 0 Å². The van der Waals surface area contributed by atoms with E-state index in [1.54, 1.807) is 48.5 Å². The quantitative estimate of drug-likeness (QED) is 0.0835. The van der Waals surface area contributed by atoms with E-state index in [0.717, 1.165) is 154 Å². The van der Waals surface area contributed by atoms with Crippen LogP contribution in [0.4, 0.5) is 0 Å². The number of esters is 14. The zero-order chi connectivity index (χ0) is 90.7. The van der Waals surface area contributed by atoms with Gasteiger partial charge in [0, 0.05) is 97.2 Å². The fourth-order valence-electron chi connectivity index (χ4n) is 28.6. The largest absolute Gasteiger partial charge is 0.465 e. The second kappa shape index (κ2) is 35.2. The predicted octanol–water partition coefficient (Wildman–Crippen LogP) is 12.6. The van der Waals surface area contributed by atoms with Crippen molar-refractivity contribution in [3.8, 4) is 0 Å². The lowest BCUT2D eigenvalue weighted by Gasteiger charge is -2.41. The molecule has 7 heterocycles. The molecule has 28 heteroatoms. The Hall–Kier alpha value is -9.24. The molecule has 22 fully saturated rings. The van der Waals surface area contributed by atoms with Crippen LogP contribution in [0.1, 0.15) is 215 Å². The zero-order valence-corrected chi connectivity index (χ0v) is 74.6. The van der Waals surface area contributed by atoms with Crippen molar-refractivity contribution in [2.75, 3.05) is 39.6 Å². The SMILES string of the molecule is C=C(C)C(=O)OC1(C2C3CC4OC(=O)C2C4C3)CCCC1.C=C(C)C(=O)OC1CC2CC1C1(CCOC1=O)C2.C=C(C)C(=O)OC1CC2CC1C1(COC(=O)C1)C2.C=C(C)C(=O)OC1CC2CC1C1C(=O)OCC21.C=C(C)C(=O)OC1CC2CC1C1COC(=O)C21.C=C(C)C(=O)OC1CC2CC1CC21CCOC1=O.C=C(C)C(=O)OC1CC2CC1CC21COC(=O)C1. The van der Waals surface area contributed by atoms with Crippen LogP contribution in [0.2, 0.25) is 0 Å². The molecule has 0 amide bonds. The summed E-state index contributed by atoms with van der Waals surface area (Å²) in [6.45, 7) is 40.1. The Bertz CT molecular complexity index is 4610. The van der Waals surface area contributed by atoms with E-state index in [2.05, 4.69) is 46.1 Å². The summed E-state index contributed by atoms with van der Waals surface area (Å²) in [6, 6.07) is 0. The number of fused-ring (bicyclic) bond motifs is 23. The Morgan fingerprint density at radius 2 is 0.795 bits per heavy atom. The third kappa shape index (κ3) is 17.0. The number of cyclic esters (lactones) is 6. The lowest BCUT2D eigenvalue weighted by Crippen LogP contribution is -2.47. The Labute approximate surface area is 741 Å². The van der Waals surface area contributed by atoms with Crippen molar-refractivity contribution in [2.45, 2.75) is 264 Å². The molecule has 690 valence electrons. The summed E-state index contributed by atoms with van der Waals surface area (Å²) < 4.78 is 75.1. The molecular formula is C99H126O28. The first-order valence-electron chi connectivity index (χ1n) is 46.5. The average Bonchev–Trinajstić information content (AvgIpc) is 1.52. The number of hydrogen-bond acceptors (Lipinski definition) is 28. The molecule has 22 rings (SSSR count). The standard InChI is InChI=1S/C17H22O4.4C14H18O4.2C13H16O4/c1-9(2)15(18)21-17(5-3-4-6-17)14-10-7-11-12(8-10)20-16(19)13(11)14;1-8(2)13(16)18-11-4-10-3-9(11)5-14(10)6-12(15)17-7-14;1-8(2)13(16)18-11-4-9-3-10(11)14(5-9)6-12(15)17-7-14;1-8(2)12(15)18-11-6-10-5-9(11)7-14(10)3-4-17-13(14)16;1-8(2)12(15)18-11-6-9-5-10(11)14(7-9)3-4-17-13(14)16;1-6(2)12(14)17-10-4-7-3-8(10)9-5-16-13(15)11(7)9;1-6(2)12(14)17-10-4-7-3-8(10)11-9(7)5-16-13(11)15/h10-14H,1,3-8H2,2H3;4*9-11H,1,3-7H2,2H3;2*7-11H,1,3-5H2,2H3. The Morgan fingerprint density at radius 3 is 1.29 bits per heavy atom. The van der Waals surface area contributed by atoms with Crippen LogP contribution in [0.25, 0.3) is 0 Å². The molecular weight excluding hydrogens is 1640 g/mol. The minimum atomic E-state index is -0.450. The van der Waals surface area contributed by atoms with Crippen LogP contribution in [0.15, 0.2) is 85.1 Å². The topological polar surface area (TPSA) is 368 Å². The van der Waals surface area contributed by atoms with Crippen molar-refractivity contribution < 1.29 is 133 Å². The van der Waals surface area contributed by atoms with E-state index in [-0.39, 0.29) is 195 Å². The maximum atomic E-state index is 12.2. The van der Waals surface area contributed by atoms with E-state index < -0.39 is 5.60 Å². The highest BCUT2D eigenvalue weighted by Crippen LogP contribution is 2.67. The van der Waals surface area contributed by atoms with Gasteiger partial charge >= 0.3 is 83.6 Å². The van der Waals surface area contributed by atoms with E-state index in [4.69, 9.17) is 66.3 Å².